The first-order chi connectivity index (χ1) is 18.1. The number of anilines is 1. The van der Waals surface area contributed by atoms with E-state index in [-0.39, 0.29) is 17.4 Å². The second-order valence-corrected chi connectivity index (χ2v) is 12.2. The zero-order valence-corrected chi connectivity index (χ0v) is 22.0. The number of aromatic nitrogens is 2. The molecule has 1 unspecified atom stereocenters. The van der Waals surface area contributed by atoms with Gasteiger partial charge in [-0.05, 0) is 63.5 Å². The minimum atomic E-state index is -1.11. The first kappa shape index (κ1) is 24.9. The Kier molecular flexibility index (Phi) is 6.99. The lowest BCUT2D eigenvalue weighted by Gasteiger charge is -2.45. The number of fused-ring (bicyclic) bond motifs is 3. The zero-order valence-electron chi connectivity index (χ0n) is 22.0. The molecule has 7 heteroatoms. The molecule has 4 aliphatic rings. The van der Waals surface area contributed by atoms with Gasteiger partial charge in [0.25, 0.3) is 5.56 Å². The smallest absolute Gasteiger partial charge is 0.329 e. The lowest BCUT2D eigenvalue weighted by Crippen LogP contribution is -2.51. The molecule has 0 spiro atoms. The van der Waals surface area contributed by atoms with Crippen molar-refractivity contribution in [2.75, 3.05) is 5.32 Å². The largest absolute Gasteiger partial charge is 0.480 e. The maximum atomic E-state index is 14.1. The summed E-state index contributed by atoms with van der Waals surface area (Å²) in [7, 11) is 0. The second-order valence-electron chi connectivity index (χ2n) is 12.2. The molecule has 2 bridgehead atoms. The average Bonchev–Trinajstić information content (AvgIpc) is 3.13. The number of piperidine rings is 1. The third-order valence-corrected chi connectivity index (χ3v) is 9.90. The molecule has 2 N–H and O–H groups in total. The third kappa shape index (κ3) is 4.68. The van der Waals surface area contributed by atoms with Crippen LogP contribution < -0.4 is 10.9 Å². The van der Waals surface area contributed by atoms with E-state index in [0.29, 0.717) is 31.0 Å². The molecule has 1 aromatic carbocycles. The number of nitrogens with one attached hydrogen (secondary N) is 1. The number of hydrogen-bond donors (Lipinski definition) is 2. The van der Waals surface area contributed by atoms with Gasteiger partial charge >= 0.3 is 5.97 Å². The van der Waals surface area contributed by atoms with Crippen molar-refractivity contribution >= 4 is 22.8 Å². The van der Waals surface area contributed by atoms with Crippen molar-refractivity contribution in [3.63, 3.8) is 0 Å². The molecule has 2 aliphatic heterocycles. The van der Waals surface area contributed by atoms with Gasteiger partial charge in [-0.15, -0.1) is 0 Å². The van der Waals surface area contributed by atoms with Crippen molar-refractivity contribution < 1.29 is 9.90 Å². The van der Waals surface area contributed by atoms with Crippen LogP contribution in [0.2, 0.25) is 0 Å². The average molecular weight is 507 g/mol. The normalized spacial score (nSPS) is 29.0. The number of hydrogen-bond acceptors (Lipinski definition) is 5. The van der Waals surface area contributed by atoms with Crippen molar-refractivity contribution in [1.82, 2.24) is 14.5 Å². The third-order valence-electron chi connectivity index (χ3n) is 9.90. The summed E-state index contributed by atoms with van der Waals surface area (Å²) in [6, 6.07) is 9.76. The lowest BCUT2D eigenvalue weighted by molar-refractivity contribution is -0.143. The van der Waals surface area contributed by atoms with Crippen LogP contribution in [0.4, 0.5) is 5.82 Å². The molecule has 7 nitrogen and oxygen atoms in total. The summed E-state index contributed by atoms with van der Waals surface area (Å²) < 4.78 is 1.98. The van der Waals surface area contributed by atoms with E-state index in [4.69, 9.17) is 4.98 Å². The molecule has 200 valence electrons. The van der Waals surface area contributed by atoms with E-state index in [1.54, 1.807) is 0 Å². The Morgan fingerprint density at radius 1 is 0.838 bits per heavy atom. The van der Waals surface area contributed by atoms with Gasteiger partial charge in [0.05, 0.1) is 11.0 Å². The summed E-state index contributed by atoms with van der Waals surface area (Å²) in [6.45, 7) is 0. The molecule has 3 atom stereocenters. The van der Waals surface area contributed by atoms with Crippen LogP contribution in [0.25, 0.3) is 11.0 Å². The van der Waals surface area contributed by atoms with Crippen molar-refractivity contribution in [1.29, 1.82) is 0 Å². The molecular formula is C30H42N4O3. The first-order valence-corrected chi connectivity index (χ1v) is 14.9. The highest BCUT2D eigenvalue weighted by Crippen LogP contribution is 2.44. The monoisotopic (exact) mass is 506 g/mol. The molecule has 2 aromatic rings. The van der Waals surface area contributed by atoms with E-state index in [1.807, 2.05) is 28.8 Å². The Labute approximate surface area is 219 Å². The van der Waals surface area contributed by atoms with Gasteiger partial charge in [0, 0.05) is 24.2 Å². The van der Waals surface area contributed by atoms with Gasteiger partial charge in [-0.2, -0.15) is 0 Å². The molecule has 37 heavy (non-hydrogen) atoms. The molecule has 3 heterocycles. The maximum absolute atomic E-state index is 14.1. The molecule has 6 rings (SSSR count). The van der Waals surface area contributed by atoms with E-state index in [9.17, 15) is 14.7 Å². The standard InChI is InChI=1S/C30H42N4O3/c35-28-27(32-30(29(36)37)17-9-4-10-18-30)31-25-13-7-8-14-26(25)34(28)24-19-22-15-16-23(20-24)33(22)21-11-5-2-1-3-6-12-21/h7-8,13-14,21-24H,1-6,9-12,15-20H2,(H,31,32)(H,36,37)/t22-,23?,24+/m0/s1. The molecule has 2 saturated heterocycles. The van der Waals surface area contributed by atoms with E-state index in [2.05, 4.69) is 10.2 Å². The summed E-state index contributed by atoms with van der Waals surface area (Å²) in [5.41, 5.74) is 0.366. The summed E-state index contributed by atoms with van der Waals surface area (Å²) >= 11 is 0. The van der Waals surface area contributed by atoms with E-state index >= 15 is 0 Å². The summed E-state index contributed by atoms with van der Waals surface area (Å²) in [6.07, 6.45) is 17.7. The minimum absolute atomic E-state index is 0.121. The van der Waals surface area contributed by atoms with Gasteiger partial charge in [-0.1, -0.05) is 63.5 Å². The van der Waals surface area contributed by atoms with Crippen LogP contribution in [0.5, 0.6) is 0 Å². The minimum Gasteiger partial charge on any atom is -0.480 e. The number of benzene rings is 1. The number of carboxylic acid groups (broad SMARTS) is 1. The van der Waals surface area contributed by atoms with Crippen LogP contribution in [0, 0.1) is 0 Å². The van der Waals surface area contributed by atoms with Gasteiger partial charge in [0.2, 0.25) is 0 Å². The summed E-state index contributed by atoms with van der Waals surface area (Å²) in [5, 5.41) is 13.3. The number of carbonyl (C=O) groups is 1. The highest BCUT2D eigenvalue weighted by Gasteiger charge is 2.45. The summed E-state index contributed by atoms with van der Waals surface area (Å²) in [5.74, 6) is -0.670. The van der Waals surface area contributed by atoms with Gasteiger partial charge in [0.15, 0.2) is 5.82 Å². The molecule has 4 fully saturated rings. The molecular weight excluding hydrogens is 464 g/mol. The predicted octanol–water partition coefficient (Wildman–Crippen LogP) is 5.88. The highest BCUT2D eigenvalue weighted by molar-refractivity contribution is 5.83. The number of carboxylic acids is 1. The molecule has 0 amide bonds. The van der Waals surface area contributed by atoms with E-state index in [1.165, 1.54) is 57.8 Å². The van der Waals surface area contributed by atoms with Gasteiger partial charge in [0.1, 0.15) is 5.54 Å². The molecule has 1 aromatic heterocycles. The van der Waals surface area contributed by atoms with Crippen molar-refractivity contribution in [3.8, 4) is 0 Å². The van der Waals surface area contributed by atoms with Crippen molar-refractivity contribution in [2.24, 2.45) is 0 Å². The fourth-order valence-electron chi connectivity index (χ4n) is 8.10. The number of rotatable bonds is 5. The number of para-hydroxylation sites is 2. The van der Waals surface area contributed by atoms with Crippen LogP contribution in [0.3, 0.4) is 0 Å². The van der Waals surface area contributed by atoms with Crippen LogP contribution in [-0.4, -0.2) is 49.2 Å². The number of aliphatic carboxylic acids is 1. The molecule has 0 radical (unpaired) electrons. The van der Waals surface area contributed by atoms with E-state index in [0.717, 1.165) is 43.1 Å². The fraction of sp³-hybridized carbons (Fsp3) is 0.700. The zero-order chi connectivity index (χ0) is 25.4. The van der Waals surface area contributed by atoms with Gasteiger partial charge in [-0.3, -0.25) is 9.69 Å². The first-order valence-electron chi connectivity index (χ1n) is 14.9. The van der Waals surface area contributed by atoms with Gasteiger partial charge < -0.3 is 15.0 Å². The van der Waals surface area contributed by atoms with Crippen molar-refractivity contribution in [2.45, 2.75) is 132 Å². The maximum Gasteiger partial charge on any atom is 0.329 e. The Hall–Kier alpha value is -2.41. The number of nitrogens with zero attached hydrogens (tertiary/aromatic N) is 3. The fourth-order valence-corrected chi connectivity index (χ4v) is 8.10. The van der Waals surface area contributed by atoms with Crippen LogP contribution >= 0.6 is 0 Å². The Morgan fingerprint density at radius 3 is 2.14 bits per heavy atom. The van der Waals surface area contributed by atoms with Gasteiger partial charge in [-0.25, -0.2) is 9.78 Å². The Morgan fingerprint density at radius 2 is 1.46 bits per heavy atom. The molecule has 2 aliphatic carbocycles. The second kappa shape index (κ2) is 10.4. The predicted molar refractivity (Wildman–Crippen MR) is 146 cm³/mol. The van der Waals surface area contributed by atoms with Crippen LogP contribution in [0.15, 0.2) is 29.1 Å². The van der Waals surface area contributed by atoms with E-state index < -0.39 is 11.5 Å². The highest BCUT2D eigenvalue weighted by atomic mass is 16.4. The van der Waals surface area contributed by atoms with Crippen LogP contribution in [0.1, 0.15) is 109 Å². The Bertz CT molecular complexity index is 1170. The van der Waals surface area contributed by atoms with Crippen molar-refractivity contribution in [3.05, 3.63) is 34.6 Å². The SMILES string of the molecule is O=C(O)C1(Nc2nc3ccccc3n([C@H]3CC4CC[C@@H](C3)N4C3CCCCCCC3)c2=O)CCCCC1. The topological polar surface area (TPSA) is 87.5 Å². The quantitative estimate of drug-likeness (QED) is 0.527. The Balaban J connectivity index is 1.33. The summed E-state index contributed by atoms with van der Waals surface area (Å²) in [4.78, 5) is 34.0. The van der Waals surface area contributed by atoms with Crippen LogP contribution in [-0.2, 0) is 4.79 Å². The molecule has 2 saturated carbocycles. The lowest BCUT2D eigenvalue weighted by atomic mass is 9.81.